The van der Waals surface area contributed by atoms with E-state index in [1.807, 2.05) is 6.92 Å². The van der Waals surface area contributed by atoms with E-state index in [2.05, 4.69) is 0 Å². The Kier molecular flexibility index (Phi) is 7.30. The molecule has 178 valence electrons. The van der Waals surface area contributed by atoms with Crippen molar-refractivity contribution < 1.29 is 33.7 Å². The molecule has 0 bridgehead atoms. The number of Topliss-reactive ketones (excluding diaryl/α,β-unsaturated/α-hetero) is 1. The lowest BCUT2D eigenvalue weighted by Crippen LogP contribution is -2.16. The van der Waals surface area contributed by atoms with Crippen molar-refractivity contribution in [1.29, 1.82) is 0 Å². The van der Waals surface area contributed by atoms with Gasteiger partial charge in [0.2, 0.25) is 0 Å². The Bertz CT molecular complexity index is 1330. The summed E-state index contributed by atoms with van der Waals surface area (Å²) in [6.07, 6.45) is 0. The first kappa shape index (κ1) is 24.7. The van der Waals surface area contributed by atoms with Crippen LogP contribution in [0, 0.1) is 34.1 Å². The molecule has 0 heterocycles. The maximum absolute atomic E-state index is 12.4. The number of nitrogens with zero attached hydrogens (tertiary/aromatic N) is 2. The topological polar surface area (TPSA) is 156 Å². The SMILES string of the molecule is Cc1ccc(C(=O)Oc2ccc(C(=O)COC(=O)c3cc([N+](=O)[O-])cc([N+](=O)[O-])c3C)cc2)cc1. The first-order valence-corrected chi connectivity index (χ1v) is 10.1. The molecule has 3 aromatic rings. The number of ether oxygens (including phenoxy) is 2. The molecular formula is C24H18N2O9. The number of esters is 2. The van der Waals surface area contributed by atoms with E-state index < -0.39 is 51.1 Å². The number of benzene rings is 3. The first-order valence-electron chi connectivity index (χ1n) is 10.1. The highest BCUT2D eigenvalue weighted by Gasteiger charge is 2.26. The van der Waals surface area contributed by atoms with E-state index >= 15 is 0 Å². The van der Waals surface area contributed by atoms with Crippen LogP contribution < -0.4 is 4.74 Å². The van der Waals surface area contributed by atoms with Crippen LogP contribution in [0.4, 0.5) is 11.4 Å². The second-order valence-corrected chi connectivity index (χ2v) is 7.43. The minimum atomic E-state index is -1.12. The number of ketones is 1. The van der Waals surface area contributed by atoms with Crippen LogP contribution >= 0.6 is 0 Å². The Morgan fingerprint density at radius 1 is 0.800 bits per heavy atom. The van der Waals surface area contributed by atoms with E-state index in [4.69, 9.17) is 9.47 Å². The third kappa shape index (κ3) is 5.90. The van der Waals surface area contributed by atoms with Crippen LogP contribution in [-0.4, -0.2) is 34.2 Å². The molecular weight excluding hydrogens is 460 g/mol. The van der Waals surface area contributed by atoms with E-state index in [0.29, 0.717) is 5.56 Å². The van der Waals surface area contributed by atoms with Crippen LogP contribution in [0.15, 0.2) is 60.7 Å². The van der Waals surface area contributed by atoms with Crippen LogP contribution in [0.3, 0.4) is 0 Å². The van der Waals surface area contributed by atoms with Crippen molar-refractivity contribution >= 4 is 29.1 Å². The number of aryl methyl sites for hydroxylation is 1. The summed E-state index contributed by atoms with van der Waals surface area (Å²) in [4.78, 5) is 57.5. The number of nitro groups is 2. The van der Waals surface area contributed by atoms with Crippen LogP contribution in [-0.2, 0) is 4.74 Å². The van der Waals surface area contributed by atoms with Gasteiger partial charge in [0.25, 0.3) is 11.4 Å². The number of nitro benzene ring substituents is 2. The van der Waals surface area contributed by atoms with Crippen molar-refractivity contribution in [2.24, 2.45) is 0 Å². The molecule has 0 saturated heterocycles. The molecule has 0 unspecified atom stereocenters. The lowest BCUT2D eigenvalue weighted by molar-refractivity contribution is -0.394. The zero-order valence-corrected chi connectivity index (χ0v) is 18.5. The predicted molar refractivity (Wildman–Crippen MR) is 122 cm³/mol. The summed E-state index contributed by atoms with van der Waals surface area (Å²) in [5.41, 5.74) is -0.294. The largest absolute Gasteiger partial charge is 0.454 e. The molecule has 0 atom stereocenters. The molecule has 0 N–H and O–H groups in total. The Balaban J connectivity index is 1.66. The highest BCUT2D eigenvalue weighted by Crippen LogP contribution is 2.28. The standard InChI is InChI=1S/C24H18N2O9/c1-14-3-5-17(6-4-14)23(28)35-19-9-7-16(8-10-19)22(27)13-34-24(29)20-11-18(25(30)31)12-21(15(20)2)26(32)33/h3-12H,13H2,1-2H3. The van der Waals surface area contributed by atoms with Crippen molar-refractivity contribution in [3.63, 3.8) is 0 Å². The van der Waals surface area contributed by atoms with Gasteiger partial charge in [-0.2, -0.15) is 0 Å². The number of carbonyl (C=O) groups is 3. The number of rotatable bonds is 8. The van der Waals surface area contributed by atoms with Crippen molar-refractivity contribution in [3.05, 3.63) is 109 Å². The average molecular weight is 478 g/mol. The fourth-order valence-corrected chi connectivity index (χ4v) is 3.05. The summed E-state index contributed by atoms with van der Waals surface area (Å²) in [5.74, 6) is -2.10. The van der Waals surface area contributed by atoms with Gasteiger partial charge in [0.15, 0.2) is 12.4 Å². The van der Waals surface area contributed by atoms with E-state index in [1.54, 1.807) is 24.3 Å². The predicted octanol–water partition coefficient (Wildman–Crippen LogP) is 4.38. The van der Waals surface area contributed by atoms with Gasteiger partial charge < -0.3 is 9.47 Å². The van der Waals surface area contributed by atoms with Crippen molar-refractivity contribution in [3.8, 4) is 5.75 Å². The van der Waals surface area contributed by atoms with Gasteiger partial charge in [-0.15, -0.1) is 0 Å². The average Bonchev–Trinajstić information content (AvgIpc) is 2.83. The first-order chi connectivity index (χ1) is 16.6. The highest BCUT2D eigenvalue weighted by molar-refractivity contribution is 6.00. The summed E-state index contributed by atoms with van der Waals surface area (Å²) in [7, 11) is 0. The van der Waals surface area contributed by atoms with Crippen LogP contribution in [0.25, 0.3) is 0 Å². The normalized spacial score (nSPS) is 10.3. The summed E-state index contributed by atoms with van der Waals surface area (Å²) < 4.78 is 10.2. The Morgan fingerprint density at radius 3 is 1.97 bits per heavy atom. The summed E-state index contributed by atoms with van der Waals surface area (Å²) in [6, 6.07) is 13.9. The molecule has 0 fully saturated rings. The third-order valence-electron chi connectivity index (χ3n) is 5.00. The molecule has 0 aliphatic carbocycles. The van der Waals surface area contributed by atoms with Gasteiger partial charge in [0.05, 0.1) is 27.0 Å². The maximum atomic E-state index is 12.4. The zero-order valence-electron chi connectivity index (χ0n) is 18.5. The Morgan fingerprint density at radius 2 is 1.40 bits per heavy atom. The van der Waals surface area contributed by atoms with Crippen LogP contribution in [0.5, 0.6) is 5.75 Å². The van der Waals surface area contributed by atoms with E-state index in [0.717, 1.165) is 17.7 Å². The molecule has 3 rings (SSSR count). The van der Waals surface area contributed by atoms with Crippen LogP contribution in [0.2, 0.25) is 0 Å². The van der Waals surface area contributed by atoms with E-state index in [-0.39, 0.29) is 16.9 Å². The minimum absolute atomic E-state index is 0.127. The molecule has 0 aromatic heterocycles. The van der Waals surface area contributed by atoms with Gasteiger partial charge in [-0.25, -0.2) is 9.59 Å². The number of carbonyl (C=O) groups excluding carboxylic acids is 3. The number of hydrogen-bond acceptors (Lipinski definition) is 9. The molecule has 0 radical (unpaired) electrons. The molecule has 35 heavy (non-hydrogen) atoms. The smallest absolute Gasteiger partial charge is 0.343 e. The van der Waals surface area contributed by atoms with Crippen LogP contribution in [0.1, 0.15) is 42.2 Å². The van der Waals surface area contributed by atoms with Crippen molar-refractivity contribution in [2.45, 2.75) is 13.8 Å². The number of non-ortho nitro benzene ring substituents is 1. The molecule has 0 saturated carbocycles. The molecule has 0 spiro atoms. The lowest BCUT2D eigenvalue weighted by atomic mass is 10.1. The number of hydrogen-bond donors (Lipinski definition) is 0. The summed E-state index contributed by atoms with van der Waals surface area (Å²) in [5, 5.41) is 22.2. The molecule has 3 aromatic carbocycles. The van der Waals surface area contributed by atoms with Gasteiger partial charge in [-0.1, -0.05) is 17.7 Å². The Labute approximate surface area is 198 Å². The lowest BCUT2D eigenvalue weighted by Gasteiger charge is -2.08. The molecule has 0 aliphatic heterocycles. The van der Waals surface area contributed by atoms with Crippen molar-refractivity contribution in [2.75, 3.05) is 6.61 Å². The summed E-state index contributed by atoms with van der Waals surface area (Å²) in [6.45, 7) is 2.42. The zero-order chi connectivity index (χ0) is 25.7. The highest BCUT2D eigenvalue weighted by atomic mass is 16.6. The molecule has 0 aliphatic rings. The van der Waals surface area contributed by atoms with Gasteiger partial charge in [-0.3, -0.25) is 25.0 Å². The minimum Gasteiger partial charge on any atom is -0.454 e. The molecule has 11 nitrogen and oxygen atoms in total. The second kappa shape index (κ2) is 10.3. The molecule has 0 amide bonds. The fraction of sp³-hybridized carbons (Fsp3) is 0.125. The summed E-state index contributed by atoms with van der Waals surface area (Å²) >= 11 is 0. The van der Waals surface area contributed by atoms with E-state index in [9.17, 15) is 34.6 Å². The van der Waals surface area contributed by atoms with Crippen molar-refractivity contribution in [1.82, 2.24) is 0 Å². The van der Waals surface area contributed by atoms with E-state index in [1.165, 1.54) is 31.2 Å². The fourth-order valence-electron chi connectivity index (χ4n) is 3.05. The monoisotopic (exact) mass is 478 g/mol. The van der Waals surface area contributed by atoms with Gasteiger partial charge in [0.1, 0.15) is 5.75 Å². The maximum Gasteiger partial charge on any atom is 0.343 e. The molecule has 11 heteroatoms. The Hall–Kier alpha value is -4.93. The third-order valence-corrected chi connectivity index (χ3v) is 5.00. The van der Waals surface area contributed by atoms with Gasteiger partial charge >= 0.3 is 11.9 Å². The second-order valence-electron chi connectivity index (χ2n) is 7.43. The van der Waals surface area contributed by atoms with Gasteiger partial charge in [0, 0.05) is 17.2 Å². The van der Waals surface area contributed by atoms with Gasteiger partial charge in [-0.05, 0) is 50.2 Å². The quantitative estimate of drug-likeness (QED) is 0.151.